The average Bonchev–Trinajstić information content (AvgIpc) is 2.93. The number of urea groups is 1. The highest BCUT2D eigenvalue weighted by atomic mass is 32.1. The molecule has 1 atom stereocenters. The monoisotopic (exact) mass is 436 g/mol. The zero-order valence-electron chi connectivity index (χ0n) is 15.9. The Hall–Kier alpha value is -3.47. The maximum Gasteiger partial charge on any atom is 0.387 e. The van der Waals surface area contributed by atoms with Crippen LogP contribution in [0.4, 0.5) is 19.3 Å². The second kappa shape index (κ2) is 8.49. The van der Waals surface area contributed by atoms with Crippen LogP contribution in [-0.4, -0.2) is 35.8 Å². The highest BCUT2D eigenvalue weighted by molar-refractivity contribution is 7.80. The largest absolute Gasteiger partial charge is 0.497 e. The molecule has 0 radical (unpaired) electrons. The average molecular weight is 436 g/mol. The fourth-order valence-electron chi connectivity index (χ4n) is 2.85. The van der Waals surface area contributed by atoms with Gasteiger partial charge < -0.3 is 20.1 Å². The van der Waals surface area contributed by atoms with E-state index in [-0.39, 0.29) is 10.9 Å². The Bertz CT molecular complexity index is 973. The van der Waals surface area contributed by atoms with E-state index in [9.17, 15) is 18.4 Å². The maximum atomic E-state index is 12.9. The number of nitrogens with zero attached hydrogens (tertiary/aromatic N) is 1. The molecule has 1 heterocycles. The molecular weight excluding hydrogens is 418 g/mol. The maximum absolute atomic E-state index is 12.9. The second-order valence-corrected chi connectivity index (χ2v) is 6.80. The van der Waals surface area contributed by atoms with Gasteiger partial charge in [0, 0.05) is 5.69 Å². The molecule has 1 aliphatic rings. The number of nitrogens with one attached hydrogen (secondary N) is 3. The highest BCUT2D eigenvalue weighted by Crippen LogP contribution is 2.30. The van der Waals surface area contributed by atoms with Gasteiger partial charge in [-0.15, -0.1) is 0 Å². The second-order valence-electron chi connectivity index (χ2n) is 6.40. The number of imide groups is 1. The molecule has 0 aliphatic carbocycles. The van der Waals surface area contributed by atoms with Crippen molar-refractivity contribution in [3.05, 3.63) is 54.1 Å². The molecule has 1 unspecified atom stereocenters. The van der Waals surface area contributed by atoms with Gasteiger partial charge in [0.25, 0.3) is 5.91 Å². The van der Waals surface area contributed by atoms with Crippen LogP contribution < -0.4 is 25.5 Å². The number of alkyl halides is 2. The molecule has 3 amide bonds. The van der Waals surface area contributed by atoms with E-state index in [0.717, 1.165) is 5.01 Å². The minimum absolute atomic E-state index is 0.0161. The zero-order valence-corrected chi connectivity index (χ0v) is 16.8. The van der Waals surface area contributed by atoms with Gasteiger partial charge in [0.2, 0.25) is 0 Å². The van der Waals surface area contributed by atoms with Crippen molar-refractivity contribution >= 4 is 35.0 Å². The van der Waals surface area contributed by atoms with Gasteiger partial charge in [0.1, 0.15) is 17.0 Å². The zero-order chi connectivity index (χ0) is 21.9. The molecule has 0 bridgehead atoms. The van der Waals surface area contributed by atoms with Gasteiger partial charge in [-0.3, -0.25) is 10.2 Å². The first-order valence-electron chi connectivity index (χ1n) is 8.66. The van der Waals surface area contributed by atoms with Crippen LogP contribution >= 0.6 is 12.2 Å². The predicted molar refractivity (Wildman–Crippen MR) is 108 cm³/mol. The quantitative estimate of drug-likeness (QED) is 0.474. The minimum atomic E-state index is -2.93. The number of benzene rings is 2. The van der Waals surface area contributed by atoms with E-state index in [2.05, 4.69) is 20.8 Å². The fourth-order valence-corrected chi connectivity index (χ4v) is 3.06. The number of anilines is 1. The van der Waals surface area contributed by atoms with Gasteiger partial charge in [0.05, 0.1) is 7.11 Å². The third-order valence-electron chi connectivity index (χ3n) is 4.39. The standard InChI is InChI=1S/C19H18F2N4O4S/c1-19(11-4-3-5-14(10-11)28-2)15(26)25(18(27)23-19)24-17(30)22-12-6-8-13(9-7-12)29-16(20)21/h3-10,16H,1-2H3,(H,23,27)(H2,22,24,30). The fraction of sp³-hybridized carbons (Fsp3) is 0.211. The lowest BCUT2D eigenvalue weighted by molar-refractivity contribution is -0.132. The summed E-state index contributed by atoms with van der Waals surface area (Å²) >= 11 is 5.15. The third-order valence-corrected chi connectivity index (χ3v) is 4.58. The molecule has 3 N–H and O–H groups in total. The van der Waals surface area contributed by atoms with E-state index in [4.69, 9.17) is 17.0 Å². The molecule has 0 aromatic heterocycles. The van der Waals surface area contributed by atoms with E-state index in [0.29, 0.717) is 17.0 Å². The summed E-state index contributed by atoms with van der Waals surface area (Å²) < 4.78 is 33.9. The molecule has 0 spiro atoms. The molecule has 1 fully saturated rings. The number of halogens is 2. The summed E-state index contributed by atoms with van der Waals surface area (Å²) in [6.07, 6.45) is 0. The number of rotatable bonds is 6. The molecule has 1 saturated heterocycles. The first-order valence-corrected chi connectivity index (χ1v) is 9.07. The van der Waals surface area contributed by atoms with Crippen molar-refractivity contribution < 1.29 is 27.8 Å². The Kier molecular flexibility index (Phi) is 6.01. The summed E-state index contributed by atoms with van der Waals surface area (Å²) in [6, 6.07) is 11.7. The van der Waals surface area contributed by atoms with Gasteiger partial charge in [-0.25, -0.2) is 4.79 Å². The van der Waals surface area contributed by atoms with Crippen LogP contribution in [0.1, 0.15) is 12.5 Å². The van der Waals surface area contributed by atoms with Crippen LogP contribution in [0.2, 0.25) is 0 Å². The van der Waals surface area contributed by atoms with Crippen LogP contribution in [0.15, 0.2) is 48.5 Å². The Balaban J connectivity index is 1.68. The normalized spacial score (nSPS) is 18.2. The van der Waals surface area contributed by atoms with E-state index < -0.39 is 24.1 Å². The number of carbonyl (C=O) groups is 2. The lowest BCUT2D eigenvalue weighted by Gasteiger charge is -2.23. The van der Waals surface area contributed by atoms with Crippen LogP contribution in [0.25, 0.3) is 0 Å². The molecule has 30 heavy (non-hydrogen) atoms. The molecule has 2 aromatic rings. The predicted octanol–water partition coefficient (Wildman–Crippen LogP) is 2.97. The highest BCUT2D eigenvalue weighted by Gasteiger charge is 2.50. The Morgan fingerprint density at radius 1 is 1.17 bits per heavy atom. The van der Waals surface area contributed by atoms with E-state index in [1.54, 1.807) is 31.2 Å². The number of ether oxygens (including phenoxy) is 2. The van der Waals surface area contributed by atoms with E-state index in [1.165, 1.54) is 31.4 Å². The van der Waals surface area contributed by atoms with Gasteiger partial charge in [-0.1, -0.05) is 12.1 Å². The van der Waals surface area contributed by atoms with Gasteiger partial charge in [0.15, 0.2) is 5.11 Å². The molecular formula is C19H18F2N4O4S. The van der Waals surface area contributed by atoms with Crippen molar-refractivity contribution in [2.75, 3.05) is 12.4 Å². The molecule has 158 valence electrons. The van der Waals surface area contributed by atoms with Crippen molar-refractivity contribution in [3.8, 4) is 11.5 Å². The molecule has 2 aromatic carbocycles. The van der Waals surface area contributed by atoms with Crippen LogP contribution in [0.5, 0.6) is 11.5 Å². The summed E-state index contributed by atoms with van der Waals surface area (Å²) in [5.74, 6) is -0.0400. The van der Waals surface area contributed by atoms with Crippen molar-refractivity contribution in [3.63, 3.8) is 0 Å². The van der Waals surface area contributed by atoms with E-state index in [1.807, 2.05) is 0 Å². The first kappa shape index (κ1) is 21.2. The smallest absolute Gasteiger partial charge is 0.387 e. The summed E-state index contributed by atoms with van der Waals surface area (Å²) in [5, 5.41) is 6.12. The molecule has 11 heteroatoms. The van der Waals surface area contributed by atoms with Crippen molar-refractivity contribution in [1.82, 2.24) is 15.8 Å². The molecule has 1 aliphatic heterocycles. The number of methoxy groups -OCH3 is 1. The van der Waals surface area contributed by atoms with Crippen LogP contribution in [0.3, 0.4) is 0 Å². The Morgan fingerprint density at radius 3 is 2.50 bits per heavy atom. The van der Waals surface area contributed by atoms with Crippen molar-refractivity contribution in [1.29, 1.82) is 0 Å². The van der Waals surface area contributed by atoms with Crippen LogP contribution in [-0.2, 0) is 10.3 Å². The minimum Gasteiger partial charge on any atom is -0.497 e. The van der Waals surface area contributed by atoms with Gasteiger partial charge in [-0.05, 0) is 61.1 Å². The Labute approximate surface area is 176 Å². The van der Waals surface area contributed by atoms with Gasteiger partial charge in [-0.2, -0.15) is 13.8 Å². The topological polar surface area (TPSA) is 91.9 Å². The first-order chi connectivity index (χ1) is 14.2. The Morgan fingerprint density at radius 2 is 1.87 bits per heavy atom. The summed E-state index contributed by atoms with van der Waals surface area (Å²) in [4.78, 5) is 25.3. The third kappa shape index (κ3) is 4.40. The summed E-state index contributed by atoms with van der Waals surface area (Å²) in [5.41, 5.74) is 2.20. The number of amides is 3. The lowest BCUT2D eigenvalue weighted by Crippen LogP contribution is -2.49. The van der Waals surface area contributed by atoms with Gasteiger partial charge >= 0.3 is 12.6 Å². The number of hydrazine groups is 1. The number of hydrogen-bond acceptors (Lipinski definition) is 5. The number of thiocarbonyl (C=S) groups is 1. The summed E-state index contributed by atoms with van der Waals surface area (Å²) in [7, 11) is 1.50. The SMILES string of the molecule is COc1cccc(C2(C)NC(=O)N(NC(=S)Nc3ccc(OC(F)F)cc3)C2=O)c1. The number of carbonyl (C=O) groups excluding carboxylic acids is 2. The van der Waals surface area contributed by atoms with Crippen molar-refractivity contribution in [2.45, 2.75) is 19.1 Å². The van der Waals surface area contributed by atoms with E-state index >= 15 is 0 Å². The summed E-state index contributed by atoms with van der Waals surface area (Å²) in [6.45, 7) is -1.35. The van der Waals surface area contributed by atoms with Crippen LogP contribution in [0, 0.1) is 0 Å². The molecule has 8 nitrogen and oxygen atoms in total. The lowest BCUT2D eigenvalue weighted by atomic mass is 9.92. The number of hydrogen-bond donors (Lipinski definition) is 3. The molecule has 3 rings (SSSR count). The molecule has 0 saturated carbocycles. The van der Waals surface area contributed by atoms with Crippen molar-refractivity contribution in [2.24, 2.45) is 0 Å².